The molecule has 7 heteroatoms. The van der Waals surface area contributed by atoms with E-state index in [4.69, 9.17) is 16.6 Å². The first-order valence-corrected chi connectivity index (χ1v) is 9.68. The fourth-order valence-electron chi connectivity index (χ4n) is 2.62. The number of thiocarbonyl (C=S) groups is 1. The van der Waals surface area contributed by atoms with Crippen molar-refractivity contribution in [1.82, 2.24) is 10.6 Å². The molecule has 0 radical (unpaired) electrons. The summed E-state index contributed by atoms with van der Waals surface area (Å²) in [7, 11) is 0. The zero-order valence-electron chi connectivity index (χ0n) is 16.3. The highest BCUT2D eigenvalue weighted by Crippen LogP contribution is 2.15. The number of hydrogen-bond acceptors (Lipinski definition) is 4. The Hall–Kier alpha value is -3.71. The number of anilines is 1. The van der Waals surface area contributed by atoms with Gasteiger partial charge in [0.1, 0.15) is 5.76 Å². The molecule has 2 aromatic carbocycles. The molecule has 2 amide bonds. The Balaban J connectivity index is 1.57. The summed E-state index contributed by atoms with van der Waals surface area (Å²) in [5.74, 6) is -0.00680. The molecule has 0 aliphatic carbocycles. The first-order chi connectivity index (χ1) is 14.5. The number of carbonyl (C=O) groups excluding carboxylic acids is 2. The molecule has 0 aliphatic rings. The topological polar surface area (TPSA) is 83.4 Å². The molecular weight excluding hydrogens is 398 g/mol. The van der Waals surface area contributed by atoms with Crippen LogP contribution in [0.15, 0.2) is 77.4 Å². The zero-order valence-corrected chi connectivity index (χ0v) is 17.2. The monoisotopic (exact) mass is 419 g/mol. The van der Waals surface area contributed by atoms with Crippen molar-refractivity contribution in [2.45, 2.75) is 13.5 Å². The summed E-state index contributed by atoms with van der Waals surface area (Å²) >= 11 is 5.21. The van der Waals surface area contributed by atoms with Crippen LogP contribution in [-0.2, 0) is 11.3 Å². The van der Waals surface area contributed by atoms with Gasteiger partial charge >= 0.3 is 0 Å². The van der Waals surface area contributed by atoms with Crippen molar-refractivity contribution in [3.05, 3.63) is 95.5 Å². The minimum Gasteiger partial charge on any atom is -0.467 e. The van der Waals surface area contributed by atoms with Gasteiger partial charge in [-0.1, -0.05) is 42.0 Å². The Kier molecular flexibility index (Phi) is 7.13. The fourth-order valence-corrected chi connectivity index (χ4v) is 2.83. The van der Waals surface area contributed by atoms with Crippen LogP contribution in [0.3, 0.4) is 0 Å². The molecule has 152 valence electrons. The van der Waals surface area contributed by atoms with E-state index in [1.165, 1.54) is 6.08 Å². The second-order valence-corrected chi connectivity index (χ2v) is 6.90. The van der Waals surface area contributed by atoms with Gasteiger partial charge in [-0.2, -0.15) is 0 Å². The molecule has 30 heavy (non-hydrogen) atoms. The Bertz CT molecular complexity index is 1060. The number of aryl methyl sites for hydroxylation is 1. The molecule has 1 aromatic heterocycles. The second kappa shape index (κ2) is 10.2. The van der Waals surface area contributed by atoms with Crippen LogP contribution in [0.1, 0.15) is 27.2 Å². The largest absolute Gasteiger partial charge is 0.467 e. The van der Waals surface area contributed by atoms with E-state index in [1.54, 1.807) is 48.7 Å². The van der Waals surface area contributed by atoms with Crippen LogP contribution in [0.5, 0.6) is 0 Å². The maximum atomic E-state index is 12.5. The summed E-state index contributed by atoms with van der Waals surface area (Å²) in [6.07, 6.45) is 4.65. The van der Waals surface area contributed by atoms with Crippen LogP contribution < -0.4 is 16.0 Å². The molecule has 0 bridgehead atoms. The van der Waals surface area contributed by atoms with E-state index in [2.05, 4.69) is 16.0 Å². The molecular formula is C23H21N3O3S. The van der Waals surface area contributed by atoms with E-state index < -0.39 is 0 Å². The molecule has 0 atom stereocenters. The highest BCUT2D eigenvalue weighted by molar-refractivity contribution is 7.80. The van der Waals surface area contributed by atoms with E-state index in [-0.39, 0.29) is 23.5 Å². The lowest BCUT2D eigenvalue weighted by Gasteiger charge is -2.12. The predicted molar refractivity (Wildman–Crippen MR) is 121 cm³/mol. The van der Waals surface area contributed by atoms with Gasteiger partial charge in [0, 0.05) is 6.08 Å². The van der Waals surface area contributed by atoms with E-state index in [9.17, 15) is 9.59 Å². The van der Waals surface area contributed by atoms with Gasteiger partial charge < -0.3 is 15.1 Å². The number of nitrogens with one attached hydrogen (secondary N) is 3. The first kappa shape index (κ1) is 21.0. The summed E-state index contributed by atoms with van der Waals surface area (Å²) in [6.45, 7) is 2.27. The third kappa shape index (κ3) is 6.15. The smallest absolute Gasteiger partial charge is 0.253 e. The first-order valence-electron chi connectivity index (χ1n) is 9.27. The van der Waals surface area contributed by atoms with Crippen LogP contribution in [0.2, 0.25) is 0 Å². The average molecular weight is 420 g/mol. The number of carbonyl (C=O) groups is 2. The maximum Gasteiger partial charge on any atom is 0.253 e. The molecule has 0 aliphatic heterocycles. The van der Waals surface area contributed by atoms with Gasteiger partial charge in [-0.05, 0) is 55.0 Å². The maximum absolute atomic E-state index is 12.5. The van der Waals surface area contributed by atoms with Crippen LogP contribution in [0, 0.1) is 6.92 Å². The SMILES string of the molecule is Cc1ccc(C=CC(=O)NC(=S)Nc2ccccc2C(=O)NCc2ccco2)cc1. The summed E-state index contributed by atoms with van der Waals surface area (Å²) in [5, 5.41) is 8.36. The molecule has 1 heterocycles. The molecule has 3 N–H and O–H groups in total. The number of furan rings is 1. The Morgan fingerprint density at radius 1 is 1.03 bits per heavy atom. The predicted octanol–water partition coefficient (Wildman–Crippen LogP) is 4.04. The quantitative estimate of drug-likeness (QED) is 0.415. The van der Waals surface area contributed by atoms with E-state index in [1.807, 2.05) is 31.2 Å². The van der Waals surface area contributed by atoms with Gasteiger partial charge in [-0.15, -0.1) is 0 Å². The molecule has 0 unspecified atom stereocenters. The number of benzene rings is 2. The Morgan fingerprint density at radius 3 is 2.53 bits per heavy atom. The zero-order chi connectivity index (χ0) is 21.3. The van der Waals surface area contributed by atoms with Crippen LogP contribution in [0.4, 0.5) is 5.69 Å². The lowest BCUT2D eigenvalue weighted by Crippen LogP contribution is -2.33. The standard InChI is InChI=1S/C23H21N3O3S/c1-16-8-10-17(11-9-16)12-13-21(27)26-23(30)25-20-7-3-2-6-19(20)22(28)24-15-18-5-4-14-29-18/h2-14H,15H2,1H3,(H,24,28)(H2,25,26,27,30). The lowest BCUT2D eigenvalue weighted by molar-refractivity contribution is -0.115. The molecule has 0 saturated heterocycles. The molecule has 0 saturated carbocycles. The van der Waals surface area contributed by atoms with E-state index in [0.717, 1.165) is 11.1 Å². The normalized spacial score (nSPS) is 10.6. The molecule has 0 fully saturated rings. The third-order valence-electron chi connectivity index (χ3n) is 4.16. The average Bonchev–Trinajstić information content (AvgIpc) is 3.25. The highest BCUT2D eigenvalue weighted by atomic mass is 32.1. The summed E-state index contributed by atoms with van der Waals surface area (Å²) in [6, 6.07) is 18.2. The van der Waals surface area contributed by atoms with E-state index >= 15 is 0 Å². The minimum absolute atomic E-state index is 0.0971. The highest BCUT2D eigenvalue weighted by Gasteiger charge is 2.12. The van der Waals surface area contributed by atoms with Gasteiger partial charge in [0.15, 0.2) is 5.11 Å². The molecule has 3 aromatic rings. The number of hydrogen-bond donors (Lipinski definition) is 3. The molecule has 0 spiro atoms. The van der Waals surface area contributed by atoms with Gasteiger partial charge in [0.05, 0.1) is 24.1 Å². The number of para-hydroxylation sites is 1. The van der Waals surface area contributed by atoms with Crippen molar-refractivity contribution in [1.29, 1.82) is 0 Å². The number of rotatable bonds is 6. The van der Waals surface area contributed by atoms with Crippen molar-refractivity contribution in [3.63, 3.8) is 0 Å². The molecule has 6 nitrogen and oxygen atoms in total. The second-order valence-electron chi connectivity index (χ2n) is 6.50. The van der Waals surface area contributed by atoms with Gasteiger partial charge in [-0.25, -0.2) is 0 Å². The minimum atomic E-state index is -0.368. The van der Waals surface area contributed by atoms with Gasteiger partial charge in [0.25, 0.3) is 5.91 Å². The summed E-state index contributed by atoms with van der Waals surface area (Å²) < 4.78 is 5.21. The van der Waals surface area contributed by atoms with Crippen molar-refractivity contribution < 1.29 is 14.0 Å². The fraction of sp³-hybridized carbons (Fsp3) is 0.0870. The van der Waals surface area contributed by atoms with Crippen LogP contribution in [-0.4, -0.2) is 16.9 Å². The number of amides is 2. The van der Waals surface area contributed by atoms with Gasteiger partial charge in [0.2, 0.25) is 5.91 Å². The lowest BCUT2D eigenvalue weighted by atomic mass is 10.1. The molecule has 3 rings (SSSR count). The van der Waals surface area contributed by atoms with Crippen molar-refractivity contribution in [3.8, 4) is 0 Å². The van der Waals surface area contributed by atoms with Gasteiger partial charge in [-0.3, -0.25) is 14.9 Å². The summed E-state index contributed by atoms with van der Waals surface area (Å²) in [4.78, 5) is 24.6. The van der Waals surface area contributed by atoms with E-state index in [0.29, 0.717) is 17.0 Å². The Labute approximate surface area is 180 Å². The Morgan fingerprint density at radius 2 is 1.80 bits per heavy atom. The van der Waals surface area contributed by atoms with Crippen molar-refractivity contribution in [2.75, 3.05) is 5.32 Å². The third-order valence-corrected chi connectivity index (χ3v) is 4.37. The summed E-state index contributed by atoms with van der Waals surface area (Å²) in [5.41, 5.74) is 2.94. The van der Waals surface area contributed by atoms with Crippen molar-refractivity contribution >= 4 is 40.9 Å². The van der Waals surface area contributed by atoms with Crippen LogP contribution >= 0.6 is 12.2 Å². The van der Waals surface area contributed by atoms with Crippen molar-refractivity contribution in [2.24, 2.45) is 0 Å². The van der Waals surface area contributed by atoms with Crippen LogP contribution in [0.25, 0.3) is 6.08 Å².